The summed E-state index contributed by atoms with van der Waals surface area (Å²) < 4.78 is 11.6. The molecule has 2 aliphatic heterocycles. The van der Waals surface area contributed by atoms with Gasteiger partial charge in [-0.1, -0.05) is 47.0 Å². The Morgan fingerprint density at radius 1 is 1.00 bits per heavy atom. The summed E-state index contributed by atoms with van der Waals surface area (Å²) in [5, 5.41) is 13.2. The summed E-state index contributed by atoms with van der Waals surface area (Å²) in [5.74, 6) is -1.75. The van der Waals surface area contributed by atoms with Crippen molar-refractivity contribution >= 4 is 75.7 Å². The molecular formula is C34H33Cl2N3O8S2. The number of carbonyl (C=O) groups is 4. The summed E-state index contributed by atoms with van der Waals surface area (Å²) in [5.41, 5.74) is 1.37. The first kappa shape index (κ1) is 34.0. The molecule has 49 heavy (non-hydrogen) atoms. The smallest absolute Gasteiger partial charge is 0.305 e. The average molecular weight is 747 g/mol. The Morgan fingerprint density at radius 2 is 1.78 bits per heavy atom. The van der Waals surface area contributed by atoms with E-state index in [-0.39, 0.29) is 64.6 Å². The van der Waals surface area contributed by atoms with Crippen LogP contribution >= 0.6 is 46.3 Å². The SMILES string of the molecule is COc1cc([C@H]2c3sc(=O)[nH]c3SC3C4CC(C5C(=O)N(CCCCCC(=O)O)C(=O)C45)C32)ccc1OCC(=O)Nc1ccc(Cl)c(Cl)c1. The molecule has 2 bridgehead atoms. The van der Waals surface area contributed by atoms with E-state index in [1.807, 2.05) is 12.1 Å². The number of thiazole rings is 1. The number of imide groups is 1. The first-order valence-corrected chi connectivity index (χ1v) is 18.5. The lowest BCUT2D eigenvalue weighted by molar-refractivity contribution is -0.141. The number of carboxylic acids is 1. The van der Waals surface area contributed by atoms with Crippen molar-refractivity contribution in [3.05, 3.63) is 66.6 Å². The molecule has 3 N–H and O–H groups in total. The van der Waals surface area contributed by atoms with E-state index in [4.69, 9.17) is 37.8 Å². The number of amides is 3. The lowest BCUT2D eigenvalue weighted by Crippen LogP contribution is -2.42. The van der Waals surface area contributed by atoms with Crippen molar-refractivity contribution in [1.29, 1.82) is 0 Å². The number of thioether (sulfide) groups is 1. The van der Waals surface area contributed by atoms with E-state index in [9.17, 15) is 24.0 Å². The van der Waals surface area contributed by atoms with Crippen LogP contribution in [0.4, 0.5) is 5.69 Å². The van der Waals surface area contributed by atoms with Crippen LogP contribution in [0.2, 0.25) is 10.0 Å². The largest absolute Gasteiger partial charge is 0.493 e. The molecule has 2 saturated carbocycles. The number of carboxylic acid groups (broad SMARTS) is 1. The molecule has 1 saturated heterocycles. The normalized spacial score (nSPS) is 26.3. The van der Waals surface area contributed by atoms with Crippen molar-refractivity contribution in [1.82, 2.24) is 9.88 Å². The molecule has 3 fully saturated rings. The summed E-state index contributed by atoms with van der Waals surface area (Å²) in [6, 6.07) is 10.3. The zero-order valence-corrected chi connectivity index (χ0v) is 29.4. The van der Waals surface area contributed by atoms with Gasteiger partial charge in [-0.2, -0.15) is 0 Å². The topological polar surface area (TPSA) is 155 Å². The predicted octanol–water partition coefficient (Wildman–Crippen LogP) is 5.89. The number of hydrogen-bond acceptors (Lipinski definition) is 9. The van der Waals surface area contributed by atoms with E-state index in [1.165, 1.54) is 23.3 Å². The number of hydrogen-bond donors (Lipinski definition) is 3. The molecule has 3 heterocycles. The monoisotopic (exact) mass is 745 g/mol. The number of rotatable bonds is 12. The molecule has 2 aliphatic carbocycles. The lowest BCUT2D eigenvalue weighted by Gasteiger charge is -2.43. The van der Waals surface area contributed by atoms with Gasteiger partial charge in [-0.3, -0.25) is 28.9 Å². The van der Waals surface area contributed by atoms with E-state index in [1.54, 1.807) is 36.0 Å². The number of benzene rings is 2. The van der Waals surface area contributed by atoms with Crippen molar-refractivity contribution in [2.75, 3.05) is 25.6 Å². The van der Waals surface area contributed by atoms with Crippen LogP contribution in [0.1, 0.15) is 48.5 Å². The highest BCUT2D eigenvalue weighted by Crippen LogP contribution is 2.68. The van der Waals surface area contributed by atoms with Gasteiger partial charge in [-0.25, -0.2) is 0 Å². The fourth-order valence-electron chi connectivity index (χ4n) is 8.31. The first-order valence-electron chi connectivity index (χ1n) is 16.1. The number of fused-ring (bicyclic) bond motifs is 9. The van der Waals surface area contributed by atoms with Crippen molar-refractivity contribution < 1.29 is 33.8 Å². The minimum atomic E-state index is -0.854. The van der Waals surface area contributed by atoms with Crippen molar-refractivity contribution in [2.45, 2.75) is 48.3 Å². The zero-order valence-electron chi connectivity index (χ0n) is 26.3. The van der Waals surface area contributed by atoms with E-state index >= 15 is 0 Å². The number of methoxy groups -OCH3 is 1. The van der Waals surface area contributed by atoms with Crippen LogP contribution in [0.15, 0.2) is 46.2 Å². The number of nitrogens with zero attached hydrogens (tertiary/aromatic N) is 1. The second kappa shape index (κ2) is 13.7. The molecule has 15 heteroatoms. The second-order valence-electron chi connectivity index (χ2n) is 12.9. The van der Waals surface area contributed by atoms with E-state index < -0.39 is 17.8 Å². The van der Waals surface area contributed by atoms with Crippen LogP contribution in [0, 0.1) is 29.6 Å². The third kappa shape index (κ3) is 6.23. The number of aromatic amines is 1. The minimum Gasteiger partial charge on any atom is -0.493 e. The van der Waals surface area contributed by atoms with Gasteiger partial charge in [-0.05, 0) is 72.9 Å². The first-order chi connectivity index (χ1) is 23.5. The molecule has 11 nitrogen and oxygen atoms in total. The van der Waals surface area contributed by atoms with Gasteiger partial charge in [-0.15, -0.1) is 11.8 Å². The number of nitrogens with one attached hydrogen (secondary N) is 2. The molecule has 3 amide bonds. The van der Waals surface area contributed by atoms with Crippen LogP contribution < -0.4 is 19.7 Å². The number of H-pyrrole nitrogens is 1. The summed E-state index contributed by atoms with van der Waals surface area (Å²) in [6.45, 7) is 0.0176. The standard InChI is InChI=1S/C34H33Cl2N3O8S2/c1-46-22-11-15(6-9-21(22)47-14-23(40)37-16-7-8-19(35)20(36)12-16)25-26-17-13-18(29(26)48-31-30(25)49-34(45)38-31)28-27(17)32(43)39(33(28)44)10-4-2-3-5-24(41)42/h6-9,11-12,17-18,25-29H,2-5,10,13-14H2,1H3,(H,37,40)(H,38,45)(H,41,42)/t17?,18?,25-,26?,27?,28?,29?/m1/s1. The summed E-state index contributed by atoms with van der Waals surface area (Å²) in [4.78, 5) is 68.8. The molecule has 1 aromatic heterocycles. The third-order valence-electron chi connectivity index (χ3n) is 10.2. The molecule has 258 valence electrons. The zero-order chi connectivity index (χ0) is 34.6. The number of aromatic nitrogens is 1. The average Bonchev–Trinajstić information content (AvgIpc) is 3.81. The van der Waals surface area contributed by atoms with Crippen LogP contribution in [-0.4, -0.2) is 64.2 Å². The minimum absolute atomic E-state index is 0.00366. The Bertz CT molecular complexity index is 1900. The molecular weight excluding hydrogens is 713 g/mol. The molecule has 2 aromatic carbocycles. The number of likely N-dealkylation sites (tertiary alicyclic amines) is 1. The van der Waals surface area contributed by atoms with Crippen molar-refractivity contribution in [3.63, 3.8) is 0 Å². The van der Waals surface area contributed by atoms with Gasteiger partial charge < -0.3 is 24.9 Å². The Hall–Kier alpha value is -3.52. The van der Waals surface area contributed by atoms with E-state index in [0.29, 0.717) is 53.0 Å². The van der Waals surface area contributed by atoms with Gasteiger partial charge in [0.25, 0.3) is 5.91 Å². The number of anilines is 1. The maximum atomic E-state index is 13.8. The number of carbonyl (C=O) groups excluding carboxylic acids is 3. The van der Waals surface area contributed by atoms with Crippen molar-refractivity contribution in [2.24, 2.45) is 29.6 Å². The Kier molecular flexibility index (Phi) is 9.46. The number of unbranched alkanes of at least 4 members (excludes halogenated alkanes) is 2. The number of halogens is 2. The van der Waals surface area contributed by atoms with Crippen LogP contribution in [0.25, 0.3) is 0 Å². The van der Waals surface area contributed by atoms with Crippen molar-refractivity contribution in [3.8, 4) is 11.5 Å². The van der Waals surface area contributed by atoms with Crippen LogP contribution in [0.3, 0.4) is 0 Å². The highest BCUT2D eigenvalue weighted by molar-refractivity contribution is 8.00. The quantitative estimate of drug-likeness (QED) is 0.152. The van der Waals surface area contributed by atoms with E-state index in [0.717, 1.165) is 21.9 Å². The summed E-state index contributed by atoms with van der Waals surface area (Å²) in [7, 11) is 1.52. The molecule has 6 unspecified atom stereocenters. The molecule has 4 aliphatic rings. The van der Waals surface area contributed by atoms with Gasteiger partial charge in [0.15, 0.2) is 18.1 Å². The number of ether oxygens (including phenoxy) is 2. The van der Waals surface area contributed by atoms with Gasteiger partial charge in [0.1, 0.15) is 0 Å². The second-order valence-corrected chi connectivity index (χ2v) is 15.9. The molecule has 3 aromatic rings. The fraction of sp³-hybridized carbons (Fsp3) is 0.441. The fourth-order valence-corrected chi connectivity index (χ4v) is 11.5. The van der Waals surface area contributed by atoms with Crippen LogP contribution in [-0.2, 0) is 19.2 Å². The Balaban J connectivity index is 1.11. The Labute approximate surface area is 299 Å². The molecule has 7 rings (SSSR count). The molecule has 0 radical (unpaired) electrons. The molecule has 0 spiro atoms. The summed E-state index contributed by atoms with van der Waals surface area (Å²) >= 11 is 14.8. The highest BCUT2D eigenvalue weighted by atomic mass is 35.5. The lowest BCUT2D eigenvalue weighted by atomic mass is 9.68. The van der Waals surface area contributed by atoms with Gasteiger partial charge in [0.05, 0.1) is 34.0 Å². The van der Waals surface area contributed by atoms with Gasteiger partial charge in [0, 0.05) is 34.7 Å². The maximum Gasteiger partial charge on any atom is 0.305 e. The number of aliphatic carboxylic acids is 1. The van der Waals surface area contributed by atoms with Gasteiger partial charge >= 0.3 is 10.8 Å². The van der Waals surface area contributed by atoms with E-state index in [2.05, 4.69) is 10.3 Å². The van der Waals surface area contributed by atoms with Crippen LogP contribution in [0.5, 0.6) is 11.5 Å². The third-order valence-corrected chi connectivity index (χ3v) is 13.5. The maximum absolute atomic E-state index is 13.8. The van der Waals surface area contributed by atoms with Gasteiger partial charge in [0.2, 0.25) is 11.8 Å². The molecule has 7 atom stereocenters. The summed E-state index contributed by atoms with van der Waals surface area (Å²) in [6.07, 6.45) is 2.55. The highest BCUT2D eigenvalue weighted by Gasteiger charge is 2.69. The Morgan fingerprint density at radius 3 is 2.51 bits per heavy atom. The predicted molar refractivity (Wildman–Crippen MR) is 185 cm³/mol.